The number of piperidine rings is 1. The molecule has 4 heteroatoms. The number of likely N-dealkylation sites (tertiary alicyclic amines) is 2. The fourth-order valence-electron chi connectivity index (χ4n) is 4.36. The largest absolute Gasteiger partial charge is 0.392 e. The van der Waals surface area contributed by atoms with Crippen molar-refractivity contribution in [1.29, 1.82) is 0 Å². The Morgan fingerprint density at radius 1 is 1.07 bits per heavy atom. The quantitative estimate of drug-likeness (QED) is 0.902. The fraction of sp³-hybridized carbons (Fsp3) is 0.435. The Labute approximate surface area is 161 Å². The molecule has 4 rings (SSSR count). The second-order valence-corrected chi connectivity index (χ2v) is 7.89. The van der Waals surface area contributed by atoms with E-state index >= 15 is 0 Å². The van der Waals surface area contributed by atoms with E-state index < -0.39 is 0 Å². The SMILES string of the molecule is C[C@H]1CCCCN1C1CN(C(=O)c2cccc(-c3cccc(CO)c3)c2)C1. The van der Waals surface area contributed by atoms with Crippen LogP contribution < -0.4 is 0 Å². The summed E-state index contributed by atoms with van der Waals surface area (Å²) in [5.74, 6) is 0.121. The molecule has 2 saturated heterocycles. The first-order chi connectivity index (χ1) is 13.2. The second-order valence-electron chi connectivity index (χ2n) is 7.89. The molecule has 0 unspecified atom stereocenters. The van der Waals surface area contributed by atoms with Crippen LogP contribution in [-0.4, -0.2) is 52.5 Å². The van der Waals surface area contributed by atoms with Gasteiger partial charge in [-0.15, -0.1) is 0 Å². The third-order valence-corrected chi connectivity index (χ3v) is 6.03. The van der Waals surface area contributed by atoms with Gasteiger partial charge in [0.2, 0.25) is 0 Å². The highest BCUT2D eigenvalue weighted by Crippen LogP contribution is 2.27. The number of nitrogens with zero attached hydrogens (tertiary/aromatic N) is 2. The van der Waals surface area contributed by atoms with E-state index in [9.17, 15) is 9.90 Å². The minimum absolute atomic E-state index is 0.0244. The van der Waals surface area contributed by atoms with Crippen LogP contribution in [0, 0.1) is 0 Å². The van der Waals surface area contributed by atoms with Gasteiger partial charge in [-0.2, -0.15) is 0 Å². The highest BCUT2D eigenvalue weighted by atomic mass is 16.3. The van der Waals surface area contributed by atoms with E-state index in [4.69, 9.17) is 0 Å². The van der Waals surface area contributed by atoms with E-state index in [2.05, 4.69) is 11.8 Å². The van der Waals surface area contributed by atoms with Crippen LogP contribution in [0.2, 0.25) is 0 Å². The Morgan fingerprint density at radius 3 is 2.56 bits per heavy atom. The summed E-state index contributed by atoms with van der Waals surface area (Å²) in [6.07, 6.45) is 3.89. The van der Waals surface area contributed by atoms with Gasteiger partial charge in [-0.3, -0.25) is 9.69 Å². The van der Waals surface area contributed by atoms with Crippen molar-refractivity contribution in [2.45, 2.75) is 44.9 Å². The first-order valence-electron chi connectivity index (χ1n) is 10.0. The summed E-state index contributed by atoms with van der Waals surface area (Å²) in [6, 6.07) is 16.8. The molecule has 0 aliphatic carbocycles. The van der Waals surface area contributed by atoms with Gasteiger partial charge in [0.25, 0.3) is 5.91 Å². The molecule has 0 bridgehead atoms. The summed E-state index contributed by atoms with van der Waals surface area (Å²) in [4.78, 5) is 17.5. The molecular weight excluding hydrogens is 336 g/mol. The average molecular weight is 364 g/mol. The lowest BCUT2D eigenvalue weighted by atomic mass is 9.96. The zero-order chi connectivity index (χ0) is 18.8. The number of aliphatic hydroxyl groups is 1. The number of carbonyl (C=O) groups is 1. The van der Waals surface area contributed by atoms with Crippen LogP contribution in [0.3, 0.4) is 0 Å². The van der Waals surface area contributed by atoms with Crippen molar-refractivity contribution in [2.75, 3.05) is 19.6 Å². The van der Waals surface area contributed by atoms with Crippen LogP contribution in [0.1, 0.15) is 42.1 Å². The van der Waals surface area contributed by atoms with E-state index in [-0.39, 0.29) is 12.5 Å². The van der Waals surface area contributed by atoms with E-state index in [1.807, 2.05) is 53.4 Å². The van der Waals surface area contributed by atoms with Gasteiger partial charge in [0.15, 0.2) is 0 Å². The van der Waals surface area contributed by atoms with Crippen molar-refractivity contribution in [1.82, 2.24) is 9.80 Å². The van der Waals surface area contributed by atoms with Crippen molar-refractivity contribution in [3.63, 3.8) is 0 Å². The Balaban J connectivity index is 1.44. The van der Waals surface area contributed by atoms with Gasteiger partial charge in [0.05, 0.1) is 6.61 Å². The summed E-state index contributed by atoms with van der Waals surface area (Å²) in [7, 11) is 0. The molecule has 0 spiro atoms. The molecule has 0 saturated carbocycles. The lowest BCUT2D eigenvalue weighted by molar-refractivity contribution is 0.00213. The monoisotopic (exact) mass is 364 g/mol. The van der Waals surface area contributed by atoms with Crippen molar-refractivity contribution >= 4 is 5.91 Å². The summed E-state index contributed by atoms with van der Waals surface area (Å²) in [5, 5.41) is 9.35. The second kappa shape index (κ2) is 7.83. The fourth-order valence-corrected chi connectivity index (χ4v) is 4.36. The number of aliphatic hydroxyl groups excluding tert-OH is 1. The van der Waals surface area contributed by atoms with E-state index in [1.165, 1.54) is 25.8 Å². The molecule has 4 nitrogen and oxygen atoms in total. The Bertz CT molecular complexity index is 814. The van der Waals surface area contributed by atoms with E-state index in [1.54, 1.807) is 0 Å². The standard InChI is InChI=1S/C23H28N2O2/c1-17-6-2-3-11-25(17)22-14-24(15-22)23(27)21-10-5-9-20(13-21)19-8-4-7-18(12-19)16-26/h4-5,7-10,12-13,17,22,26H,2-3,6,11,14-16H2,1H3/t17-/m0/s1. The smallest absolute Gasteiger partial charge is 0.253 e. The van der Waals surface area contributed by atoms with E-state index in [0.29, 0.717) is 12.1 Å². The number of carbonyl (C=O) groups excluding carboxylic acids is 1. The van der Waals surface area contributed by atoms with Crippen LogP contribution >= 0.6 is 0 Å². The van der Waals surface area contributed by atoms with Gasteiger partial charge >= 0.3 is 0 Å². The molecule has 142 valence electrons. The topological polar surface area (TPSA) is 43.8 Å². The molecule has 0 radical (unpaired) electrons. The van der Waals surface area contributed by atoms with Gasteiger partial charge in [0.1, 0.15) is 0 Å². The highest BCUT2D eigenvalue weighted by molar-refractivity contribution is 5.96. The maximum Gasteiger partial charge on any atom is 0.253 e. The molecule has 1 amide bonds. The zero-order valence-corrected chi connectivity index (χ0v) is 16.0. The Morgan fingerprint density at radius 2 is 1.81 bits per heavy atom. The zero-order valence-electron chi connectivity index (χ0n) is 16.0. The normalized spacial score (nSPS) is 21.1. The first kappa shape index (κ1) is 18.2. The maximum absolute atomic E-state index is 12.9. The Kier molecular flexibility index (Phi) is 5.28. The van der Waals surface area contributed by atoms with Crippen molar-refractivity contribution in [3.8, 4) is 11.1 Å². The number of benzene rings is 2. The molecule has 2 fully saturated rings. The number of rotatable bonds is 4. The molecule has 2 aliphatic heterocycles. The summed E-state index contributed by atoms with van der Waals surface area (Å²) in [6.45, 7) is 5.19. The molecular formula is C23H28N2O2. The third kappa shape index (κ3) is 3.78. The Hall–Kier alpha value is -2.17. The first-order valence-corrected chi connectivity index (χ1v) is 10.0. The van der Waals surface area contributed by atoms with Gasteiger partial charge in [-0.1, -0.05) is 36.8 Å². The van der Waals surface area contributed by atoms with Gasteiger partial charge < -0.3 is 10.0 Å². The molecule has 2 aliphatic rings. The molecule has 1 N–H and O–H groups in total. The molecule has 2 aromatic rings. The number of amides is 1. The predicted octanol–water partition coefficient (Wildman–Crippen LogP) is 3.54. The molecule has 2 heterocycles. The molecule has 27 heavy (non-hydrogen) atoms. The van der Waals surface area contributed by atoms with Gasteiger partial charge in [-0.25, -0.2) is 0 Å². The average Bonchev–Trinajstić information content (AvgIpc) is 2.68. The number of hydrogen-bond donors (Lipinski definition) is 1. The van der Waals surface area contributed by atoms with Crippen LogP contribution in [-0.2, 0) is 6.61 Å². The molecule has 1 atom stereocenters. The van der Waals surface area contributed by atoms with Crippen LogP contribution in [0.15, 0.2) is 48.5 Å². The van der Waals surface area contributed by atoms with Gasteiger partial charge in [-0.05, 0) is 61.2 Å². The van der Waals surface area contributed by atoms with Crippen molar-refractivity contribution in [2.24, 2.45) is 0 Å². The van der Waals surface area contributed by atoms with Crippen molar-refractivity contribution in [3.05, 3.63) is 59.7 Å². The minimum Gasteiger partial charge on any atom is -0.392 e. The minimum atomic E-state index is 0.0244. The third-order valence-electron chi connectivity index (χ3n) is 6.03. The summed E-state index contributed by atoms with van der Waals surface area (Å²) in [5.41, 5.74) is 3.66. The highest BCUT2D eigenvalue weighted by Gasteiger charge is 2.37. The van der Waals surface area contributed by atoms with Crippen LogP contribution in [0.4, 0.5) is 0 Å². The van der Waals surface area contributed by atoms with Crippen LogP contribution in [0.5, 0.6) is 0 Å². The van der Waals surface area contributed by atoms with E-state index in [0.717, 1.165) is 35.3 Å². The van der Waals surface area contributed by atoms with Crippen LogP contribution in [0.25, 0.3) is 11.1 Å². The molecule has 2 aromatic carbocycles. The predicted molar refractivity (Wildman–Crippen MR) is 108 cm³/mol. The molecule has 0 aromatic heterocycles. The maximum atomic E-state index is 12.9. The summed E-state index contributed by atoms with van der Waals surface area (Å²) >= 11 is 0. The lowest BCUT2D eigenvalue weighted by Crippen LogP contribution is -2.63. The van der Waals surface area contributed by atoms with Gasteiger partial charge in [0, 0.05) is 30.7 Å². The summed E-state index contributed by atoms with van der Waals surface area (Å²) < 4.78 is 0. The lowest BCUT2D eigenvalue weighted by Gasteiger charge is -2.49. The van der Waals surface area contributed by atoms with Crippen molar-refractivity contribution < 1.29 is 9.90 Å². The number of hydrogen-bond acceptors (Lipinski definition) is 3.